The number of halogens is 4. The van der Waals surface area contributed by atoms with E-state index in [-0.39, 0.29) is 29.2 Å². The number of benzene rings is 2. The van der Waals surface area contributed by atoms with Crippen LogP contribution in [0.25, 0.3) is 11.1 Å². The molecule has 0 bridgehead atoms. The number of ether oxygens (including phenoxy) is 2. The summed E-state index contributed by atoms with van der Waals surface area (Å²) in [5, 5.41) is 0. The highest BCUT2D eigenvalue weighted by atomic mass is 19.2. The van der Waals surface area contributed by atoms with Gasteiger partial charge in [-0.2, -0.15) is 8.78 Å². The van der Waals surface area contributed by atoms with Crippen molar-refractivity contribution in [3.63, 3.8) is 0 Å². The summed E-state index contributed by atoms with van der Waals surface area (Å²) in [7, 11) is 0. The average Bonchev–Trinajstić information content (AvgIpc) is 2.83. The predicted molar refractivity (Wildman–Crippen MR) is 120 cm³/mol. The standard InChI is InChI=1S/C27H32F4O2/c1-3-16-5-7-19-14-17(6-8-18(19)13-16)15-33-23-12-10-21(25(29)27(23)31)20-9-11-22(32-4-2)26(30)24(20)28/h9-12,16-19H,3-8,13-15H2,1-2H3. The van der Waals surface area contributed by atoms with Crippen LogP contribution in [0.2, 0.25) is 0 Å². The molecule has 0 aliphatic heterocycles. The molecule has 0 saturated heterocycles. The quantitative estimate of drug-likeness (QED) is 0.387. The summed E-state index contributed by atoms with van der Waals surface area (Å²) in [6, 6.07) is 4.92. The molecule has 2 aliphatic rings. The second-order valence-corrected chi connectivity index (χ2v) is 9.51. The van der Waals surface area contributed by atoms with Crippen molar-refractivity contribution in [2.45, 2.75) is 58.8 Å². The van der Waals surface area contributed by atoms with Crippen LogP contribution >= 0.6 is 0 Å². The first-order valence-electron chi connectivity index (χ1n) is 12.1. The minimum atomic E-state index is -1.28. The summed E-state index contributed by atoms with van der Waals surface area (Å²) in [5.74, 6) is -2.73. The lowest BCUT2D eigenvalue weighted by molar-refractivity contribution is 0.0753. The van der Waals surface area contributed by atoms with Crippen molar-refractivity contribution in [1.29, 1.82) is 0 Å². The molecule has 0 heterocycles. The fraction of sp³-hybridized carbons (Fsp3) is 0.556. The van der Waals surface area contributed by atoms with Gasteiger partial charge in [0.2, 0.25) is 11.6 Å². The van der Waals surface area contributed by atoms with Crippen molar-refractivity contribution in [2.24, 2.45) is 23.7 Å². The van der Waals surface area contributed by atoms with Gasteiger partial charge in [0, 0.05) is 11.1 Å². The van der Waals surface area contributed by atoms with E-state index in [0.29, 0.717) is 18.4 Å². The first-order chi connectivity index (χ1) is 15.9. The molecule has 0 aromatic heterocycles. The lowest BCUT2D eigenvalue weighted by Gasteiger charge is -2.42. The van der Waals surface area contributed by atoms with Crippen LogP contribution in [-0.4, -0.2) is 13.2 Å². The van der Waals surface area contributed by atoms with E-state index in [9.17, 15) is 17.6 Å². The van der Waals surface area contributed by atoms with Crippen LogP contribution in [0, 0.1) is 46.9 Å². The van der Waals surface area contributed by atoms with E-state index in [2.05, 4.69) is 6.92 Å². The van der Waals surface area contributed by atoms with Crippen molar-refractivity contribution in [2.75, 3.05) is 13.2 Å². The molecule has 4 unspecified atom stereocenters. The molecular formula is C27H32F4O2. The number of rotatable bonds is 7. The van der Waals surface area contributed by atoms with E-state index in [1.54, 1.807) is 6.92 Å². The largest absolute Gasteiger partial charge is 0.491 e. The molecule has 0 radical (unpaired) electrons. The molecule has 0 spiro atoms. The highest BCUT2D eigenvalue weighted by Crippen LogP contribution is 2.45. The Labute approximate surface area is 193 Å². The molecule has 2 aliphatic carbocycles. The molecule has 0 amide bonds. The van der Waals surface area contributed by atoms with Crippen LogP contribution in [0.15, 0.2) is 24.3 Å². The summed E-state index contributed by atoms with van der Waals surface area (Å²) in [6.07, 6.45) is 8.39. The van der Waals surface area contributed by atoms with Crippen LogP contribution in [-0.2, 0) is 0 Å². The summed E-state index contributed by atoms with van der Waals surface area (Å²) in [6.45, 7) is 4.40. The summed E-state index contributed by atoms with van der Waals surface area (Å²) in [5.41, 5.74) is -0.715. The topological polar surface area (TPSA) is 18.5 Å². The molecule has 2 aromatic rings. The minimum absolute atomic E-state index is 0.159. The van der Waals surface area contributed by atoms with E-state index in [0.717, 1.165) is 24.7 Å². The zero-order chi connectivity index (χ0) is 23.5. The van der Waals surface area contributed by atoms with Gasteiger partial charge in [-0.1, -0.05) is 19.8 Å². The third-order valence-electron chi connectivity index (χ3n) is 7.57. The smallest absolute Gasteiger partial charge is 0.201 e. The summed E-state index contributed by atoms with van der Waals surface area (Å²) in [4.78, 5) is 0. The molecule has 4 rings (SSSR count). The average molecular weight is 465 g/mol. The zero-order valence-corrected chi connectivity index (χ0v) is 19.3. The molecule has 4 atom stereocenters. The van der Waals surface area contributed by atoms with E-state index in [1.165, 1.54) is 56.4 Å². The van der Waals surface area contributed by atoms with Crippen molar-refractivity contribution >= 4 is 0 Å². The van der Waals surface area contributed by atoms with Gasteiger partial charge in [0.25, 0.3) is 0 Å². The Bertz CT molecular complexity index is 977. The van der Waals surface area contributed by atoms with Crippen molar-refractivity contribution in [1.82, 2.24) is 0 Å². The monoisotopic (exact) mass is 464 g/mol. The lowest BCUT2D eigenvalue weighted by atomic mass is 9.64. The van der Waals surface area contributed by atoms with Gasteiger partial charge in [-0.15, -0.1) is 0 Å². The van der Waals surface area contributed by atoms with Crippen molar-refractivity contribution in [3.8, 4) is 22.6 Å². The number of hydrogen-bond donors (Lipinski definition) is 0. The summed E-state index contributed by atoms with van der Waals surface area (Å²) >= 11 is 0. The molecule has 2 aromatic carbocycles. The van der Waals surface area contributed by atoms with Gasteiger partial charge >= 0.3 is 0 Å². The number of fused-ring (bicyclic) bond motifs is 1. The molecule has 33 heavy (non-hydrogen) atoms. The highest BCUT2D eigenvalue weighted by Gasteiger charge is 2.35. The van der Waals surface area contributed by atoms with Crippen molar-refractivity contribution < 1.29 is 27.0 Å². The molecule has 2 fully saturated rings. The first-order valence-corrected chi connectivity index (χ1v) is 12.1. The normalized spacial score (nSPS) is 24.9. The van der Waals surface area contributed by atoms with E-state index < -0.39 is 23.3 Å². The lowest BCUT2D eigenvalue weighted by Crippen LogP contribution is -2.32. The third-order valence-corrected chi connectivity index (χ3v) is 7.57. The van der Waals surface area contributed by atoms with Crippen molar-refractivity contribution in [3.05, 3.63) is 47.5 Å². The maximum absolute atomic E-state index is 14.8. The zero-order valence-electron chi connectivity index (χ0n) is 19.3. The Balaban J connectivity index is 1.43. The maximum atomic E-state index is 14.8. The first kappa shape index (κ1) is 23.9. The van der Waals surface area contributed by atoms with Crippen LogP contribution in [0.1, 0.15) is 58.8 Å². The highest BCUT2D eigenvalue weighted by molar-refractivity contribution is 5.67. The Morgan fingerprint density at radius 3 is 1.73 bits per heavy atom. The molecule has 180 valence electrons. The fourth-order valence-corrected chi connectivity index (χ4v) is 5.67. The Morgan fingerprint density at radius 1 is 0.667 bits per heavy atom. The van der Waals surface area contributed by atoms with Gasteiger partial charge in [-0.3, -0.25) is 0 Å². The van der Waals surface area contributed by atoms with Crippen LogP contribution in [0.5, 0.6) is 11.5 Å². The van der Waals surface area contributed by atoms with Crippen LogP contribution < -0.4 is 9.47 Å². The van der Waals surface area contributed by atoms with E-state index in [1.807, 2.05) is 0 Å². The maximum Gasteiger partial charge on any atom is 0.201 e. The molecule has 2 saturated carbocycles. The van der Waals surface area contributed by atoms with Gasteiger partial charge in [-0.25, -0.2) is 8.78 Å². The molecule has 2 nitrogen and oxygen atoms in total. The predicted octanol–water partition coefficient (Wildman–Crippen LogP) is 7.93. The second kappa shape index (κ2) is 10.4. The molecular weight excluding hydrogens is 432 g/mol. The Hall–Kier alpha value is -2.24. The van der Waals surface area contributed by atoms with Gasteiger partial charge < -0.3 is 9.47 Å². The van der Waals surface area contributed by atoms with Crippen LogP contribution in [0.4, 0.5) is 17.6 Å². The Kier molecular flexibility index (Phi) is 7.50. The van der Waals surface area contributed by atoms with Gasteiger partial charge in [0.15, 0.2) is 23.1 Å². The Morgan fingerprint density at radius 2 is 1.18 bits per heavy atom. The van der Waals surface area contributed by atoms with Crippen LogP contribution in [0.3, 0.4) is 0 Å². The molecule has 0 N–H and O–H groups in total. The van der Waals surface area contributed by atoms with E-state index >= 15 is 0 Å². The third kappa shape index (κ3) is 4.99. The van der Waals surface area contributed by atoms with Gasteiger partial charge in [0.05, 0.1) is 13.2 Å². The number of hydrogen-bond acceptors (Lipinski definition) is 2. The van der Waals surface area contributed by atoms with Gasteiger partial charge in [-0.05, 0) is 87.0 Å². The van der Waals surface area contributed by atoms with Gasteiger partial charge in [0.1, 0.15) is 0 Å². The fourth-order valence-electron chi connectivity index (χ4n) is 5.67. The minimum Gasteiger partial charge on any atom is -0.491 e. The summed E-state index contributed by atoms with van der Waals surface area (Å²) < 4.78 is 68.9. The molecule has 6 heteroatoms. The SMILES string of the molecule is CCOc1ccc(-c2ccc(OCC3CCC4CC(CC)CCC4C3)c(F)c2F)c(F)c1F. The van der Waals surface area contributed by atoms with E-state index in [4.69, 9.17) is 9.47 Å². The second-order valence-electron chi connectivity index (χ2n) is 9.51.